The molecule has 0 saturated carbocycles. The Labute approximate surface area is 105 Å². The summed E-state index contributed by atoms with van der Waals surface area (Å²) in [5.41, 5.74) is 9.03. The summed E-state index contributed by atoms with van der Waals surface area (Å²) in [5, 5.41) is 22.2. The van der Waals surface area contributed by atoms with E-state index in [0.717, 1.165) is 22.3 Å². The minimum absolute atomic E-state index is 0.267. The lowest BCUT2D eigenvalue weighted by Gasteiger charge is -2.13. The molecule has 96 valence electrons. The van der Waals surface area contributed by atoms with Crippen LogP contribution in [0.2, 0.25) is 0 Å². The molecule has 2 rings (SSSR count). The summed E-state index contributed by atoms with van der Waals surface area (Å²) in [5.74, 6) is 0. The van der Waals surface area contributed by atoms with E-state index in [1.807, 2.05) is 25.1 Å². The average molecular weight is 247 g/mol. The Morgan fingerprint density at radius 1 is 1.39 bits per heavy atom. The molecule has 0 saturated heterocycles. The zero-order valence-corrected chi connectivity index (χ0v) is 10.2. The smallest absolute Gasteiger partial charge is 0.0942 e. The van der Waals surface area contributed by atoms with Crippen LogP contribution in [-0.2, 0) is 0 Å². The first-order chi connectivity index (χ1) is 8.60. The van der Waals surface area contributed by atoms with Crippen LogP contribution in [-0.4, -0.2) is 34.5 Å². The summed E-state index contributed by atoms with van der Waals surface area (Å²) >= 11 is 0. The highest BCUT2D eigenvalue weighted by molar-refractivity contribution is 5.93. The number of aliphatic hydroxyl groups is 2. The summed E-state index contributed by atoms with van der Waals surface area (Å²) in [6, 6.07) is 7.41. The van der Waals surface area contributed by atoms with Crippen molar-refractivity contribution in [1.82, 2.24) is 4.98 Å². The third kappa shape index (κ3) is 2.69. The highest BCUT2D eigenvalue weighted by Gasteiger charge is 2.06. The number of nitrogens with zero attached hydrogens (tertiary/aromatic N) is 1. The normalized spacial score (nSPS) is 12.6. The van der Waals surface area contributed by atoms with Crippen molar-refractivity contribution in [3.63, 3.8) is 0 Å². The van der Waals surface area contributed by atoms with Crippen molar-refractivity contribution >= 4 is 22.3 Å². The number of pyridine rings is 1. The van der Waals surface area contributed by atoms with E-state index in [-0.39, 0.29) is 13.2 Å². The molecule has 1 aromatic heterocycles. The zero-order valence-electron chi connectivity index (χ0n) is 10.2. The second kappa shape index (κ2) is 5.20. The first-order valence-corrected chi connectivity index (χ1v) is 5.80. The maximum atomic E-state index is 9.36. The van der Waals surface area contributed by atoms with Crippen molar-refractivity contribution in [2.45, 2.75) is 13.0 Å². The van der Waals surface area contributed by atoms with Gasteiger partial charge in [0.2, 0.25) is 0 Å². The number of anilines is 2. The van der Waals surface area contributed by atoms with Crippen molar-refractivity contribution in [3.8, 4) is 0 Å². The van der Waals surface area contributed by atoms with Gasteiger partial charge in [0.1, 0.15) is 0 Å². The molecule has 1 aromatic carbocycles. The topological polar surface area (TPSA) is 91.4 Å². The van der Waals surface area contributed by atoms with E-state index in [2.05, 4.69) is 10.3 Å². The largest absolute Gasteiger partial charge is 0.399 e. The van der Waals surface area contributed by atoms with Crippen molar-refractivity contribution in [1.29, 1.82) is 0 Å². The van der Waals surface area contributed by atoms with Crippen LogP contribution in [0.5, 0.6) is 0 Å². The van der Waals surface area contributed by atoms with Gasteiger partial charge in [0.25, 0.3) is 0 Å². The number of aliphatic hydroxyl groups excluding tert-OH is 2. The number of benzene rings is 1. The summed E-state index contributed by atoms with van der Waals surface area (Å²) in [6.45, 7) is 1.92. The van der Waals surface area contributed by atoms with E-state index in [9.17, 15) is 5.11 Å². The van der Waals surface area contributed by atoms with Crippen molar-refractivity contribution in [2.24, 2.45) is 0 Å². The zero-order chi connectivity index (χ0) is 13.1. The lowest BCUT2D eigenvalue weighted by atomic mass is 10.1. The molecule has 2 aromatic rings. The number of fused-ring (bicyclic) bond motifs is 1. The van der Waals surface area contributed by atoms with Crippen molar-refractivity contribution in [3.05, 3.63) is 30.0 Å². The molecule has 0 amide bonds. The molecule has 0 aliphatic rings. The van der Waals surface area contributed by atoms with Gasteiger partial charge in [-0.25, -0.2) is 0 Å². The van der Waals surface area contributed by atoms with E-state index >= 15 is 0 Å². The standard InChI is InChI=1S/C13H17N3O2/c1-8-4-13(15-6-10(18)7-17)11-5-9(14)2-3-12(11)16-8/h2-5,10,17-18H,6-7,14H2,1H3,(H,15,16). The quantitative estimate of drug-likeness (QED) is 0.602. The molecule has 1 heterocycles. The average Bonchev–Trinajstić information content (AvgIpc) is 2.36. The maximum absolute atomic E-state index is 9.36. The van der Waals surface area contributed by atoms with Crippen LogP contribution >= 0.6 is 0 Å². The van der Waals surface area contributed by atoms with Gasteiger partial charge in [-0.3, -0.25) is 4.98 Å². The van der Waals surface area contributed by atoms with Gasteiger partial charge in [-0.2, -0.15) is 0 Å². The highest BCUT2D eigenvalue weighted by atomic mass is 16.3. The summed E-state index contributed by atoms with van der Waals surface area (Å²) < 4.78 is 0. The Morgan fingerprint density at radius 2 is 2.17 bits per heavy atom. The Kier molecular flexibility index (Phi) is 3.64. The van der Waals surface area contributed by atoms with Crippen LogP contribution in [0.4, 0.5) is 11.4 Å². The SMILES string of the molecule is Cc1cc(NCC(O)CO)c2cc(N)ccc2n1. The predicted molar refractivity (Wildman–Crippen MR) is 72.5 cm³/mol. The minimum atomic E-state index is -0.783. The molecule has 0 spiro atoms. The molecule has 18 heavy (non-hydrogen) atoms. The number of aromatic nitrogens is 1. The molecule has 5 nitrogen and oxygen atoms in total. The van der Waals surface area contributed by atoms with Crippen LogP contribution < -0.4 is 11.1 Å². The van der Waals surface area contributed by atoms with Gasteiger partial charge in [0.15, 0.2) is 0 Å². The second-order valence-electron chi connectivity index (χ2n) is 4.31. The second-order valence-corrected chi connectivity index (χ2v) is 4.31. The Balaban J connectivity index is 2.38. The number of nitrogens with one attached hydrogen (secondary N) is 1. The van der Waals surface area contributed by atoms with Gasteiger partial charge < -0.3 is 21.3 Å². The Bertz CT molecular complexity index is 557. The maximum Gasteiger partial charge on any atom is 0.0942 e. The number of hydrogen-bond donors (Lipinski definition) is 4. The molecule has 1 unspecified atom stereocenters. The van der Waals surface area contributed by atoms with Gasteiger partial charge in [0.05, 0.1) is 18.2 Å². The number of aryl methyl sites for hydroxylation is 1. The first kappa shape index (κ1) is 12.6. The monoisotopic (exact) mass is 247 g/mol. The van der Waals surface area contributed by atoms with E-state index in [4.69, 9.17) is 10.8 Å². The van der Waals surface area contributed by atoms with Gasteiger partial charge >= 0.3 is 0 Å². The lowest BCUT2D eigenvalue weighted by Crippen LogP contribution is -2.23. The minimum Gasteiger partial charge on any atom is -0.399 e. The molecular formula is C13H17N3O2. The molecule has 1 atom stereocenters. The van der Waals surface area contributed by atoms with Crippen molar-refractivity contribution < 1.29 is 10.2 Å². The van der Waals surface area contributed by atoms with Crippen LogP contribution in [0.15, 0.2) is 24.3 Å². The fraction of sp³-hybridized carbons (Fsp3) is 0.308. The van der Waals surface area contributed by atoms with Crippen LogP contribution in [0.1, 0.15) is 5.69 Å². The molecule has 5 heteroatoms. The molecular weight excluding hydrogens is 230 g/mol. The van der Waals surface area contributed by atoms with E-state index in [1.165, 1.54) is 0 Å². The fourth-order valence-electron chi connectivity index (χ4n) is 1.81. The van der Waals surface area contributed by atoms with E-state index < -0.39 is 6.10 Å². The molecule has 5 N–H and O–H groups in total. The van der Waals surface area contributed by atoms with E-state index in [1.54, 1.807) is 6.07 Å². The number of nitrogens with two attached hydrogens (primary N) is 1. The number of rotatable bonds is 4. The third-order valence-electron chi connectivity index (χ3n) is 2.70. The number of nitrogen functional groups attached to an aromatic ring is 1. The van der Waals surface area contributed by atoms with Gasteiger partial charge in [-0.05, 0) is 31.2 Å². The predicted octanol–water partition coefficient (Wildman–Crippen LogP) is 0.891. The van der Waals surface area contributed by atoms with Gasteiger partial charge in [-0.1, -0.05) is 0 Å². The molecule has 0 fully saturated rings. The molecule has 0 aliphatic carbocycles. The first-order valence-electron chi connectivity index (χ1n) is 5.80. The lowest BCUT2D eigenvalue weighted by molar-refractivity contribution is 0.105. The van der Waals surface area contributed by atoms with Crippen molar-refractivity contribution in [2.75, 3.05) is 24.2 Å². The van der Waals surface area contributed by atoms with Crippen LogP contribution in [0.25, 0.3) is 10.9 Å². The van der Waals surface area contributed by atoms with Crippen LogP contribution in [0.3, 0.4) is 0 Å². The van der Waals surface area contributed by atoms with Gasteiger partial charge in [-0.15, -0.1) is 0 Å². The Hall–Kier alpha value is -1.85. The van der Waals surface area contributed by atoms with Crippen LogP contribution in [0, 0.1) is 6.92 Å². The summed E-state index contributed by atoms with van der Waals surface area (Å²) in [7, 11) is 0. The molecule has 0 aliphatic heterocycles. The molecule has 0 bridgehead atoms. The Morgan fingerprint density at radius 3 is 2.89 bits per heavy atom. The summed E-state index contributed by atoms with van der Waals surface area (Å²) in [6.07, 6.45) is -0.783. The van der Waals surface area contributed by atoms with E-state index in [0.29, 0.717) is 5.69 Å². The number of hydrogen-bond acceptors (Lipinski definition) is 5. The third-order valence-corrected chi connectivity index (χ3v) is 2.70. The highest BCUT2D eigenvalue weighted by Crippen LogP contribution is 2.25. The van der Waals surface area contributed by atoms with Gasteiger partial charge in [0, 0.05) is 29.0 Å². The molecule has 0 radical (unpaired) electrons. The fourth-order valence-corrected chi connectivity index (χ4v) is 1.81. The summed E-state index contributed by atoms with van der Waals surface area (Å²) in [4.78, 5) is 4.42.